The van der Waals surface area contributed by atoms with Gasteiger partial charge >= 0.3 is 0 Å². The van der Waals surface area contributed by atoms with Gasteiger partial charge in [-0.15, -0.1) is 0 Å². The molecule has 0 aromatic rings. The zero-order valence-corrected chi connectivity index (χ0v) is 8.81. The second-order valence-electron chi connectivity index (χ2n) is 4.36. The van der Waals surface area contributed by atoms with Crippen LogP contribution in [0.2, 0.25) is 0 Å². The quantitative estimate of drug-likeness (QED) is 0.676. The molecule has 0 amide bonds. The van der Waals surface area contributed by atoms with E-state index in [1.807, 2.05) is 11.8 Å². The van der Waals surface area contributed by atoms with Crippen molar-refractivity contribution in [2.75, 3.05) is 25.2 Å². The fraction of sp³-hybridized carbons (Fsp3) is 1.00. The second kappa shape index (κ2) is 2.88. The molecule has 0 aromatic carbocycles. The number of rotatable bonds is 2. The fourth-order valence-electron chi connectivity index (χ4n) is 3.25. The first-order chi connectivity index (χ1) is 6.37. The first kappa shape index (κ1) is 8.57. The molecular formula is C10H16O2S. The van der Waals surface area contributed by atoms with E-state index in [0.717, 1.165) is 37.4 Å². The van der Waals surface area contributed by atoms with Crippen LogP contribution in [-0.2, 0) is 9.47 Å². The van der Waals surface area contributed by atoms with Crippen molar-refractivity contribution < 1.29 is 9.47 Å². The molecule has 3 fully saturated rings. The number of hydrogen-bond acceptors (Lipinski definition) is 3. The molecule has 1 saturated heterocycles. The van der Waals surface area contributed by atoms with Crippen LogP contribution in [0.3, 0.4) is 0 Å². The molecule has 13 heavy (non-hydrogen) atoms. The molecule has 1 spiro atoms. The van der Waals surface area contributed by atoms with Crippen LogP contribution in [0.25, 0.3) is 0 Å². The Balaban J connectivity index is 1.72. The molecule has 0 N–H and O–H groups in total. The lowest BCUT2D eigenvalue weighted by molar-refractivity contribution is -0.170. The largest absolute Gasteiger partial charge is 0.347 e. The van der Waals surface area contributed by atoms with Crippen LogP contribution >= 0.6 is 11.8 Å². The van der Waals surface area contributed by atoms with E-state index < -0.39 is 0 Å². The van der Waals surface area contributed by atoms with Crippen molar-refractivity contribution in [3.63, 3.8) is 0 Å². The number of fused-ring (bicyclic) bond motifs is 2. The van der Waals surface area contributed by atoms with Gasteiger partial charge in [0.05, 0.1) is 13.2 Å². The van der Waals surface area contributed by atoms with Crippen LogP contribution in [0.15, 0.2) is 0 Å². The molecule has 0 aromatic heterocycles. The SMILES string of the molecule is CSCC1C2CCC3(OCCO3)C21. The highest BCUT2D eigenvalue weighted by atomic mass is 32.2. The summed E-state index contributed by atoms with van der Waals surface area (Å²) in [7, 11) is 0. The average Bonchev–Trinajstić information content (AvgIpc) is 2.57. The Kier molecular flexibility index (Phi) is 1.90. The van der Waals surface area contributed by atoms with E-state index in [0.29, 0.717) is 0 Å². The Bertz CT molecular complexity index is 207. The lowest BCUT2D eigenvalue weighted by Gasteiger charge is -2.24. The van der Waals surface area contributed by atoms with E-state index >= 15 is 0 Å². The van der Waals surface area contributed by atoms with Crippen molar-refractivity contribution in [3.8, 4) is 0 Å². The maximum absolute atomic E-state index is 5.80. The highest BCUT2D eigenvalue weighted by Gasteiger charge is 2.67. The maximum atomic E-state index is 5.80. The Morgan fingerprint density at radius 2 is 2.15 bits per heavy atom. The van der Waals surface area contributed by atoms with Crippen molar-refractivity contribution in [2.24, 2.45) is 17.8 Å². The van der Waals surface area contributed by atoms with Gasteiger partial charge < -0.3 is 9.47 Å². The molecule has 1 heterocycles. The third-order valence-electron chi connectivity index (χ3n) is 3.80. The average molecular weight is 200 g/mol. The molecule has 3 aliphatic rings. The number of ether oxygens (including phenoxy) is 2. The van der Waals surface area contributed by atoms with Crippen LogP contribution in [0.4, 0.5) is 0 Å². The normalized spacial score (nSPS) is 45.5. The molecule has 74 valence electrons. The van der Waals surface area contributed by atoms with E-state index in [1.54, 1.807) is 0 Å². The molecule has 0 radical (unpaired) electrons. The Morgan fingerprint density at radius 1 is 1.38 bits per heavy atom. The highest BCUT2D eigenvalue weighted by Crippen LogP contribution is 2.65. The molecule has 2 aliphatic carbocycles. The number of thioether (sulfide) groups is 1. The minimum absolute atomic E-state index is 0.120. The van der Waals surface area contributed by atoms with Gasteiger partial charge in [0, 0.05) is 12.3 Å². The van der Waals surface area contributed by atoms with E-state index in [2.05, 4.69) is 6.26 Å². The van der Waals surface area contributed by atoms with Gasteiger partial charge in [0.2, 0.25) is 0 Å². The molecule has 3 heteroatoms. The summed E-state index contributed by atoms with van der Waals surface area (Å²) in [6, 6.07) is 0. The third kappa shape index (κ3) is 1.10. The van der Waals surface area contributed by atoms with Crippen molar-refractivity contribution in [1.29, 1.82) is 0 Å². The first-order valence-corrected chi connectivity index (χ1v) is 6.54. The second-order valence-corrected chi connectivity index (χ2v) is 5.27. The van der Waals surface area contributed by atoms with E-state index in [9.17, 15) is 0 Å². The van der Waals surface area contributed by atoms with E-state index in [1.165, 1.54) is 12.2 Å². The molecule has 2 saturated carbocycles. The zero-order valence-electron chi connectivity index (χ0n) is 7.99. The summed E-state index contributed by atoms with van der Waals surface area (Å²) in [4.78, 5) is 0. The number of hydrogen-bond donors (Lipinski definition) is 0. The van der Waals surface area contributed by atoms with Crippen molar-refractivity contribution in [3.05, 3.63) is 0 Å². The molecule has 3 rings (SSSR count). The van der Waals surface area contributed by atoms with Crippen LogP contribution < -0.4 is 0 Å². The van der Waals surface area contributed by atoms with Gasteiger partial charge in [0.25, 0.3) is 0 Å². The van der Waals surface area contributed by atoms with Gasteiger partial charge in [-0.1, -0.05) is 0 Å². The predicted octanol–water partition coefficient (Wildman–Crippen LogP) is 1.75. The summed E-state index contributed by atoms with van der Waals surface area (Å²) < 4.78 is 11.6. The van der Waals surface area contributed by atoms with Gasteiger partial charge in [-0.05, 0) is 30.3 Å². The summed E-state index contributed by atoms with van der Waals surface area (Å²) in [5.41, 5.74) is 0. The summed E-state index contributed by atoms with van der Waals surface area (Å²) in [6.07, 6.45) is 4.67. The summed E-state index contributed by atoms with van der Waals surface area (Å²) in [5.74, 6) is 3.73. The van der Waals surface area contributed by atoms with Gasteiger partial charge in [0.15, 0.2) is 5.79 Å². The molecular weight excluding hydrogens is 184 g/mol. The maximum Gasteiger partial charge on any atom is 0.171 e. The lowest BCUT2D eigenvalue weighted by atomic mass is 10.1. The predicted molar refractivity (Wildman–Crippen MR) is 52.7 cm³/mol. The third-order valence-corrected chi connectivity index (χ3v) is 4.52. The van der Waals surface area contributed by atoms with Crippen LogP contribution in [0.1, 0.15) is 12.8 Å². The minimum atomic E-state index is -0.120. The molecule has 1 aliphatic heterocycles. The molecule has 0 bridgehead atoms. The summed E-state index contributed by atoms with van der Waals surface area (Å²) in [6.45, 7) is 1.63. The smallest absolute Gasteiger partial charge is 0.171 e. The van der Waals surface area contributed by atoms with Crippen molar-refractivity contribution in [2.45, 2.75) is 18.6 Å². The van der Waals surface area contributed by atoms with Gasteiger partial charge in [-0.3, -0.25) is 0 Å². The van der Waals surface area contributed by atoms with Crippen molar-refractivity contribution in [1.82, 2.24) is 0 Å². The Morgan fingerprint density at radius 3 is 2.85 bits per heavy atom. The summed E-state index contributed by atoms with van der Waals surface area (Å²) in [5, 5.41) is 0. The van der Waals surface area contributed by atoms with Crippen molar-refractivity contribution >= 4 is 11.8 Å². The highest BCUT2D eigenvalue weighted by molar-refractivity contribution is 7.98. The Labute approximate surface area is 83.4 Å². The topological polar surface area (TPSA) is 18.5 Å². The molecule has 3 unspecified atom stereocenters. The summed E-state index contributed by atoms with van der Waals surface area (Å²) >= 11 is 1.96. The molecule has 3 atom stereocenters. The van der Waals surface area contributed by atoms with Gasteiger partial charge in [0.1, 0.15) is 0 Å². The fourth-order valence-corrected chi connectivity index (χ4v) is 4.09. The van der Waals surface area contributed by atoms with Crippen LogP contribution in [-0.4, -0.2) is 31.0 Å². The standard InChI is InChI=1S/C10H16O2S/c1-13-6-8-7-2-3-10(9(7)8)11-4-5-12-10/h7-9H,2-6H2,1H3. The van der Waals surface area contributed by atoms with Crippen LogP contribution in [0, 0.1) is 17.8 Å². The minimum Gasteiger partial charge on any atom is -0.347 e. The molecule has 2 nitrogen and oxygen atoms in total. The van der Waals surface area contributed by atoms with Crippen LogP contribution in [0.5, 0.6) is 0 Å². The zero-order chi connectivity index (χ0) is 8.89. The van der Waals surface area contributed by atoms with E-state index in [4.69, 9.17) is 9.47 Å². The van der Waals surface area contributed by atoms with Gasteiger partial charge in [-0.25, -0.2) is 0 Å². The van der Waals surface area contributed by atoms with E-state index in [-0.39, 0.29) is 5.79 Å². The monoisotopic (exact) mass is 200 g/mol. The first-order valence-electron chi connectivity index (χ1n) is 5.14. The lowest BCUT2D eigenvalue weighted by Crippen LogP contribution is -2.31. The Hall–Kier alpha value is 0.270. The van der Waals surface area contributed by atoms with Gasteiger partial charge in [-0.2, -0.15) is 11.8 Å².